The Hall–Kier alpha value is -5.12. The number of amides is 2. The molecule has 5 rings (SSSR count). The summed E-state index contributed by atoms with van der Waals surface area (Å²) >= 11 is 0. The lowest BCUT2D eigenvalue weighted by Crippen LogP contribution is -2.14. The van der Waals surface area contributed by atoms with Gasteiger partial charge in [0, 0.05) is 22.5 Å². The normalized spacial score (nSPS) is 13.6. The molecule has 3 aromatic rings. The van der Waals surface area contributed by atoms with Crippen molar-refractivity contribution in [2.24, 2.45) is 0 Å². The molecule has 0 unspecified atom stereocenters. The number of rotatable bonds is 4. The van der Waals surface area contributed by atoms with Crippen LogP contribution in [0.5, 0.6) is 0 Å². The molecule has 0 atom stereocenters. The number of esters is 4. The Morgan fingerprint density at radius 1 is 0.500 bits per heavy atom. The highest BCUT2D eigenvalue weighted by atomic mass is 16.6. The van der Waals surface area contributed by atoms with Crippen LogP contribution in [-0.4, -0.2) is 35.7 Å². The third-order valence-corrected chi connectivity index (χ3v) is 5.21. The summed E-state index contributed by atoms with van der Waals surface area (Å²) in [7, 11) is 0. The predicted molar refractivity (Wildman–Crippen MR) is 115 cm³/mol. The molecule has 34 heavy (non-hydrogen) atoms. The molecule has 10 heteroatoms. The molecule has 0 radical (unpaired) electrons. The Morgan fingerprint density at radius 2 is 0.853 bits per heavy atom. The van der Waals surface area contributed by atoms with Crippen LogP contribution in [0.25, 0.3) is 0 Å². The topological polar surface area (TPSA) is 145 Å². The Kier molecular flexibility index (Phi) is 4.75. The molecule has 0 saturated heterocycles. The summed E-state index contributed by atoms with van der Waals surface area (Å²) in [6.45, 7) is 0. The Morgan fingerprint density at radius 3 is 1.24 bits per heavy atom. The number of hydrogen-bond donors (Lipinski definition) is 2. The lowest BCUT2D eigenvalue weighted by Gasteiger charge is -2.09. The van der Waals surface area contributed by atoms with Crippen molar-refractivity contribution in [1.29, 1.82) is 0 Å². The van der Waals surface area contributed by atoms with Crippen molar-refractivity contribution >= 4 is 47.1 Å². The zero-order chi connectivity index (χ0) is 24.0. The smallest absolute Gasteiger partial charge is 0.346 e. The summed E-state index contributed by atoms with van der Waals surface area (Å²) < 4.78 is 9.02. The van der Waals surface area contributed by atoms with Crippen LogP contribution in [0.1, 0.15) is 62.1 Å². The minimum absolute atomic E-state index is 0.0277. The van der Waals surface area contributed by atoms with Crippen molar-refractivity contribution in [2.75, 3.05) is 10.6 Å². The fraction of sp³-hybridized carbons (Fsp3) is 0. The van der Waals surface area contributed by atoms with E-state index in [4.69, 9.17) is 0 Å². The molecule has 0 saturated carbocycles. The van der Waals surface area contributed by atoms with E-state index in [-0.39, 0.29) is 33.4 Å². The van der Waals surface area contributed by atoms with E-state index >= 15 is 0 Å². The molecule has 10 nitrogen and oxygen atoms in total. The van der Waals surface area contributed by atoms with Crippen molar-refractivity contribution in [1.82, 2.24) is 0 Å². The number of ether oxygens (including phenoxy) is 2. The second-order valence-corrected chi connectivity index (χ2v) is 7.36. The number of benzene rings is 3. The fourth-order valence-electron chi connectivity index (χ4n) is 3.50. The number of carbonyl (C=O) groups excluding carboxylic acids is 6. The van der Waals surface area contributed by atoms with E-state index in [0.717, 1.165) is 0 Å². The molecule has 2 N–H and O–H groups in total. The summed E-state index contributed by atoms with van der Waals surface area (Å²) in [4.78, 5) is 71.4. The quantitative estimate of drug-likeness (QED) is 0.450. The van der Waals surface area contributed by atoms with E-state index in [9.17, 15) is 28.8 Å². The van der Waals surface area contributed by atoms with Gasteiger partial charge >= 0.3 is 23.9 Å². The van der Waals surface area contributed by atoms with Crippen molar-refractivity contribution in [3.8, 4) is 0 Å². The van der Waals surface area contributed by atoms with Crippen molar-refractivity contribution in [3.05, 3.63) is 94.0 Å². The summed E-state index contributed by atoms with van der Waals surface area (Å²) in [5.41, 5.74) is 1.43. The third kappa shape index (κ3) is 3.58. The van der Waals surface area contributed by atoms with Gasteiger partial charge in [0.1, 0.15) is 0 Å². The molecular formula is C24H12N2O8. The Bertz CT molecular complexity index is 1350. The predicted octanol–water partition coefficient (Wildman–Crippen LogP) is 2.81. The highest BCUT2D eigenvalue weighted by Crippen LogP contribution is 2.24. The molecule has 0 fully saturated rings. The third-order valence-electron chi connectivity index (χ3n) is 5.21. The van der Waals surface area contributed by atoms with Crippen LogP contribution in [0.3, 0.4) is 0 Å². The van der Waals surface area contributed by atoms with E-state index in [1.165, 1.54) is 36.4 Å². The molecule has 0 aromatic heterocycles. The molecular weight excluding hydrogens is 444 g/mol. The van der Waals surface area contributed by atoms with Crippen LogP contribution < -0.4 is 10.6 Å². The monoisotopic (exact) mass is 456 g/mol. The largest absolute Gasteiger partial charge is 0.386 e. The minimum atomic E-state index is -0.804. The summed E-state index contributed by atoms with van der Waals surface area (Å²) in [5, 5.41) is 5.31. The van der Waals surface area contributed by atoms with E-state index in [0.29, 0.717) is 11.4 Å². The van der Waals surface area contributed by atoms with E-state index in [2.05, 4.69) is 20.1 Å². The van der Waals surface area contributed by atoms with Crippen LogP contribution in [-0.2, 0) is 9.47 Å². The van der Waals surface area contributed by atoms with Crippen molar-refractivity contribution in [2.45, 2.75) is 0 Å². The van der Waals surface area contributed by atoms with Gasteiger partial charge in [0.2, 0.25) is 0 Å². The molecule has 2 heterocycles. The van der Waals surface area contributed by atoms with Gasteiger partial charge in [-0.05, 0) is 60.7 Å². The maximum atomic E-state index is 12.5. The van der Waals surface area contributed by atoms with Gasteiger partial charge in [-0.1, -0.05) is 0 Å². The van der Waals surface area contributed by atoms with E-state index in [1.54, 1.807) is 24.3 Å². The summed E-state index contributed by atoms with van der Waals surface area (Å²) in [6, 6.07) is 14.3. The second kappa shape index (κ2) is 7.78. The van der Waals surface area contributed by atoms with Gasteiger partial charge in [0.15, 0.2) is 0 Å². The lowest BCUT2D eigenvalue weighted by molar-refractivity contribution is 0.0425. The maximum absolute atomic E-state index is 12.5. The van der Waals surface area contributed by atoms with Gasteiger partial charge < -0.3 is 20.1 Å². The Balaban J connectivity index is 1.26. The molecule has 2 aliphatic heterocycles. The summed E-state index contributed by atoms with van der Waals surface area (Å²) in [5.74, 6) is -4.13. The second-order valence-electron chi connectivity index (χ2n) is 7.36. The first-order valence-corrected chi connectivity index (χ1v) is 9.84. The fourth-order valence-corrected chi connectivity index (χ4v) is 3.50. The lowest BCUT2D eigenvalue weighted by atomic mass is 10.0. The first-order valence-electron chi connectivity index (χ1n) is 9.84. The number of nitrogens with one attached hydrogen (secondary N) is 2. The van der Waals surface area contributed by atoms with Crippen LogP contribution in [0.15, 0.2) is 60.7 Å². The van der Waals surface area contributed by atoms with Crippen molar-refractivity contribution in [3.63, 3.8) is 0 Å². The van der Waals surface area contributed by atoms with E-state index < -0.39 is 35.7 Å². The van der Waals surface area contributed by atoms with Gasteiger partial charge in [-0.2, -0.15) is 0 Å². The van der Waals surface area contributed by atoms with Crippen molar-refractivity contribution < 1.29 is 38.2 Å². The van der Waals surface area contributed by atoms with Crippen LogP contribution in [0, 0.1) is 0 Å². The van der Waals surface area contributed by atoms with Crippen LogP contribution in [0.4, 0.5) is 11.4 Å². The first-order chi connectivity index (χ1) is 16.3. The number of anilines is 2. The van der Waals surface area contributed by atoms with Gasteiger partial charge in [0.05, 0.1) is 22.3 Å². The van der Waals surface area contributed by atoms with Crippen LogP contribution >= 0.6 is 0 Å². The SMILES string of the molecule is O=C(Nc1ccc(NC(=O)c2ccc3c(c2)C(=O)OC3=O)cc1)c1ccc2c(c1)C(=O)OC2=O. The maximum Gasteiger partial charge on any atom is 0.346 e. The van der Waals surface area contributed by atoms with Gasteiger partial charge in [0.25, 0.3) is 11.8 Å². The highest BCUT2D eigenvalue weighted by molar-refractivity contribution is 6.17. The molecule has 0 spiro atoms. The van der Waals surface area contributed by atoms with Gasteiger partial charge in [-0.25, -0.2) is 19.2 Å². The molecule has 166 valence electrons. The van der Waals surface area contributed by atoms with Gasteiger partial charge in [-0.15, -0.1) is 0 Å². The number of fused-ring (bicyclic) bond motifs is 2. The number of cyclic esters (lactones) is 4. The average molecular weight is 456 g/mol. The summed E-state index contributed by atoms with van der Waals surface area (Å²) in [6.07, 6.45) is 0. The molecule has 2 aliphatic rings. The molecule has 0 aliphatic carbocycles. The first kappa shape index (κ1) is 20.8. The van der Waals surface area contributed by atoms with Crippen LogP contribution in [0.2, 0.25) is 0 Å². The number of carbonyl (C=O) groups is 6. The molecule has 3 aromatic carbocycles. The zero-order valence-corrected chi connectivity index (χ0v) is 17.0. The Labute approximate surface area is 190 Å². The minimum Gasteiger partial charge on any atom is -0.386 e. The molecule has 0 bridgehead atoms. The van der Waals surface area contributed by atoms with E-state index in [1.807, 2.05) is 0 Å². The highest BCUT2D eigenvalue weighted by Gasteiger charge is 2.31. The molecule has 2 amide bonds. The van der Waals surface area contributed by atoms with Gasteiger partial charge in [-0.3, -0.25) is 9.59 Å². The average Bonchev–Trinajstić information content (AvgIpc) is 3.28. The zero-order valence-electron chi connectivity index (χ0n) is 17.0. The number of hydrogen-bond acceptors (Lipinski definition) is 8. The standard InChI is InChI=1S/C24H12N2O8/c27-19(11-1-7-15-17(9-11)23(31)33-21(15)29)25-13-3-5-14(6-4-13)26-20(28)12-2-8-16-18(10-12)24(32)34-22(16)30/h1-10H,(H,25,27)(H,26,28).